The molecule has 0 radical (unpaired) electrons. The first-order chi connectivity index (χ1) is 21.2. The Balaban J connectivity index is 1.69. The van der Waals surface area contributed by atoms with Gasteiger partial charge in [-0.2, -0.15) is 4.98 Å². The van der Waals surface area contributed by atoms with Crippen molar-refractivity contribution in [2.45, 2.75) is 25.2 Å². The van der Waals surface area contributed by atoms with Crippen LogP contribution in [0.25, 0.3) is 0 Å². The number of nitrogens with zero attached hydrogens (tertiary/aromatic N) is 4. The van der Waals surface area contributed by atoms with E-state index in [4.69, 9.17) is 5.14 Å². The van der Waals surface area contributed by atoms with Gasteiger partial charge in [0.2, 0.25) is 21.9 Å². The number of amides is 1. The highest BCUT2D eigenvalue weighted by Gasteiger charge is 2.17. The van der Waals surface area contributed by atoms with Crippen LogP contribution in [-0.4, -0.2) is 52.1 Å². The normalized spacial score (nSPS) is 12.7. The summed E-state index contributed by atoms with van der Waals surface area (Å²) < 4.78 is 51.2. The van der Waals surface area contributed by atoms with Crippen molar-refractivity contribution < 1.29 is 22.0 Å². The zero-order valence-electron chi connectivity index (χ0n) is 25.8. The summed E-state index contributed by atoms with van der Waals surface area (Å²) in [5.41, 5.74) is 3.37. The number of halogens is 2. The van der Waals surface area contributed by atoms with E-state index in [-0.39, 0.29) is 29.8 Å². The standard InChI is InChI=1S/C31H38F2N8O3S/c1-7-22(32)9-12-25(33)21(3)16-30(42)37-19-40(5)27-13-11-24(18-26(27)35-4)41(6)29-14-15-36-31(39-29)38-23-10-8-20(2)28(17-23)45(34,43)44/h7-15,17-18,21,35H,1,16,19H2,2-6H3,(H,37,42)(H2,34,43,44)(H,36,38,39)/b22-9+,25-12+. The van der Waals surface area contributed by atoms with E-state index >= 15 is 0 Å². The maximum atomic E-state index is 14.2. The van der Waals surface area contributed by atoms with Crippen LogP contribution >= 0.6 is 0 Å². The summed E-state index contributed by atoms with van der Waals surface area (Å²) in [6.45, 7) is 6.64. The van der Waals surface area contributed by atoms with Crippen LogP contribution in [0, 0.1) is 12.8 Å². The van der Waals surface area contributed by atoms with Gasteiger partial charge in [0.25, 0.3) is 0 Å². The van der Waals surface area contributed by atoms with Gasteiger partial charge in [0.15, 0.2) is 0 Å². The molecule has 45 heavy (non-hydrogen) atoms. The number of carbonyl (C=O) groups is 1. The van der Waals surface area contributed by atoms with Crippen LogP contribution in [0.2, 0.25) is 0 Å². The van der Waals surface area contributed by atoms with Crippen molar-refractivity contribution in [2.24, 2.45) is 11.1 Å². The predicted molar refractivity (Wildman–Crippen MR) is 176 cm³/mol. The largest absolute Gasteiger partial charge is 0.386 e. The van der Waals surface area contributed by atoms with Gasteiger partial charge >= 0.3 is 0 Å². The van der Waals surface area contributed by atoms with E-state index in [1.807, 2.05) is 35.0 Å². The first kappa shape index (κ1) is 34.7. The number of sulfonamides is 1. The molecule has 3 aromatic rings. The number of aryl methyl sites for hydroxylation is 1. The maximum absolute atomic E-state index is 14.2. The second-order valence-electron chi connectivity index (χ2n) is 10.3. The number of benzene rings is 2. The minimum atomic E-state index is -3.89. The number of carbonyl (C=O) groups excluding carboxylic acids is 1. The van der Waals surface area contributed by atoms with Gasteiger partial charge in [0, 0.05) is 51.1 Å². The molecule has 0 spiro atoms. The lowest BCUT2D eigenvalue weighted by molar-refractivity contribution is -0.121. The third-order valence-electron chi connectivity index (χ3n) is 6.86. The smallest absolute Gasteiger partial charge is 0.238 e. The van der Waals surface area contributed by atoms with E-state index in [2.05, 4.69) is 32.5 Å². The molecule has 14 heteroatoms. The van der Waals surface area contributed by atoms with Gasteiger partial charge in [-0.25, -0.2) is 27.3 Å². The lowest BCUT2D eigenvalue weighted by Gasteiger charge is -2.25. The molecular formula is C31H38F2N8O3S. The number of allylic oxidation sites excluding steroid dienone is 5. The molecule has 1 amide bonds. The van der Waals surface area contributed by atoms with E-state index in [9.17, 15) is 22.0 Å². The summed E-state index contributed by atoms with van der Waals surface area (Å²) in [4.78, 5) is 25.0. The lowest BCUT2D eigenvalue weighted by Crippen LogP contribution is -2.36. The van der Waals surface area contributed by atoms with Gasteiger partial charge in [-0.05, 0) is 67.1 Å². The number of rotatable bonds is 14. The molecule has 0 fully saturated rings. The molecule has 0 aliphatic rings. The second kappa shape index (κ2) is 15.3. The summed E-state index contributed by atoms with van der Waals surface area (Å²) in [5.74, 6) is -1.52. The molecule has 240 valence electrons. The van der Waals surface area contributed by atoms with Crippen LogP contribution in [0.4, 0.5) is 43.3 Å². The summed E-state index contributed by atoms with van der Waals surface area (Å²) in [5, 5.41) is 14.3. The van der Waals surface area contributed by atoms with Crippen molar-refractivity contribution in [3.63, 3.8) is 0 Å². The number of aromatic nitrogens is 2. The van der Waals surface area contributed by atoms with Crippen molar-refractivity contribution in [3.05, 3.63) is 90.7 Å². The molecule has 0 saturated heterocycles. The Morgan fingerprint density at radius 3 is 2.53 bits per heavy atom. The van der Waals surface area contributed by atoms with Crippen LogP contribution in [-0.2, 0) is 14.8 Å². The Kier molecular flexibility index (Phi) is 11.8. The van der Waals surface area contributed by atoms with Gasteiger partial charge in [0.05, 0.1) is 22.9 Å². The SMILES string of the molecule is C=C/C(F)=C\C=C(\F)C(C)CC(=O)NCN(C)c1ccc(N(C)c2ccnc(Nc3ccc(C)c(S(N)(=O)=O)c3)n2)cc1NC. The molecule has 5 N–H and O–H groups in total. The summed E-state index contributed by atoms with van der Waals surface area (Å²) in [6.07, 6.45) is 4.40. The van der Waals surface area contributed by atoms with Crippen molar-refractivity contribution in [2.75, 3.05) is 48.2 Å². The van der Waals surface area contributed by atoms with Crippen LogP contribution in [0.3, 0.4) is 0 Å². The minimum absolute atomic E-state index is 0.0102. The minimum Gasteiger partial charge on any atom is -0.386 e. The molecule has 1 atom stereocenters. The fourth-order valence-electron chi connectivity index (χ4n) is 4.24. The number of anilines is 6. The molecule has 0 bridgehead atoms. The first-order valence-electron chi connectivity index (χ1n) is 13.9. The number of nitrogens with two attached hydrogens (primary N) is 1. The molecule has 11 nitrogen and oxygen atoms in total. The molecule has 2 aromatic carbocycles. The van der Waals surface area contributed by atoms with Crippen molar-refractivity contribution in [3.8, 4) is 0 Å². The van der Waals surface area contributed by atoms with Gasteiger partial charge < -0.3 is 25.8 Å². The molecule has 3 rings (SSSR count). The Bertz CT molecular complexity index is 1710. The molecule has 1 heterocycles. The quantitative estimate of drug-likeness (QED) is 0.134. The molecule has 0 aliphatic carbocycles. The zero-order chi connectivity index (χ0) is 33.3. The summed E-state index contributed by atoms with van der Waals surface area (Å²) in [7, 11) is 1.53. The van der Waals surface area contributed by atoms with E-state index in [1.165, 1.54) is 6.07 Å². The van der Waals surface area contributed by atoms with E-state index < -0.39 is 27.6 Å². The molecule has 0 aliphatic heterocycles. The van der Waals surface area contributed by atoms with Crippen LogP contribution < -0.4 is 30.9 Å². The topological polar surface area (TPSA) is 146 Å². The van der Waals surface area contributed by atoms with Gasteiger partial charge in [-0.1, -0.05) is 19.6 Å². The molecular weight excluding hydrogens is 602 g/mol. The van der Waals surface area contributed by atoms with Crippen molar-refractivity contribution in [1.82, 2.24) is 15.3 Å². The highest BCUT2D eigenvalue weighted by molar-refractivity contribution is 7.89. The van der Waals surface area contributed by atoms with Crippen molar-refractivity contribution in [1.29, 1.82) is 0 Å². The Morgan fingerprint density at radius 2 is 1.87 bits per heavy atom. The summed E-state index contributed by atoms with van der Waals surface area (Å²) in [6, 6.07) is 12.2. The Labute approximate surface area is 262 Å². The van der Waals surface area contributed by atoms with E-state index in [0.29, 0.717) is 17.1 Å². The third-order valence-corrected chi connectivity index (χ3v) is 7.91. The first-order valence-corrected chi connectivity index (χ1v) is 15.4. The number of nitrogens with one attached hydrogen (secondary N) is 3. The molecule has 0 saturated carbocycles. The highest BCUT2D eigenvalue weighted by Crippen LogP contribution is 2.32. The van der Waals surface area contributed by atoms with Gasteiger partial charge in [-0.15, -0.1) is 0 Å². The van der Waals surface area contributed by atoms with Crippen molar-refractivity contribution >= 4 is 50.4 Å². The highest BCUT2D eigenvalue weighted by atomic mass is 32.2. The number of hydrogen-bond donors (Lipinski definition) is 4. The lowest BCUT2D eigenvalue weighted by atomic mass is 10.1. The van der Waals surface area contributed by atoms with E-state index in [0.717, 1.165) is 35.3 Å². The molecule has 1 unspecified atom stereocenters. The van der Waals surface area contributed by atoms with Crippen LogP contribution in [0.15, 0.2) is 90.0 Å². The van der Waals surface area contributed by atoms with Crippen LogP contribution in [0.5, 0.6) is 0 Å². The average molecular weight is 641 g/mol. The summed E-state index contributed by atoms with van der Waals surface area (Å²) >= 11 is 0. The maximum Gasteiger partial charge on any atom is 0.238 e. The monoisotopic (exact) mass is 640 g/mol. The van der Waals surface area contributed by atoms with Crippen LogP contribution in [0.1, 0.15) is 18.9 Å². The molecule has 1 aromatic heterocycles. The second-order valence-corrected chi connectivity index (χ2v) is 11.8. The zero-order valence-corrected chi connectivity index (χ0v) is 26.6. The average Bonchev–Trinajstić information content (AvgIpc) is 3.01. The Hall–Kier alpha value is -4.82. The fourth-order valence-corrected chi connectivity index (χ4v) is 5.05. The van der Waals surface area contributed by atoms with Gasteiger partial charge in [0.1, 0.15) is 17.5 Å². The third kappa shape index (κ3) is 9.58. The fraction of sp³-hybridized carbons (Fsp3) is 0.258. The Morgan fingerprint density at radius 1 is 1.13 bits per heavy atom. The van der Waals surface area contributed by atoms with E-state index in [1.54, 1.807) is 52.3 Å². The number of hydrogen-bond acceptors (Lipinski definition) is 9. The number of primary sulfonamides is 1. The van der Waals surface area contributed by atoms with Gasteiger partial charge in [-0.3, -0.25) is 4.79 Å². The predicted octanol–water partition coefficient (Wildman–Crippen LogP) is 5.41.